The molecule has 3 nitrogen and oxygen atoms in total. The van der Waals surface area contributed by atoms with E-state index in [0.717, 1.165) is 12.0 Å². The van der Waals surface area contributed by atoms with Crippen molar-refractivity contribution < 1.29 is 4.79 Å². The lowest BCUT2D eigenvalue weighted by atomic mass is 10.2. The predicted molar refractivity (Wildman–Crippen MR) is 59.8 cm³/mol. The fraction of sp³-hybridized carbons (Fsp3) is 0.300. The number of carbonyl (C=O) groups is 1. The zero-order valence-electron chi connectivity index (χ0n) is 7.85. The maximum absolute atomic E-state index is 10.4. The number of nitrogens with two attached hydrogens (primary N) is 1. The summed E-state index contributed by atoms with van der Waals surface area (Å²) < 4.78 is 0. The number of thioether (sulfide) groups is 1. The average molecular weight is 210 g/mol. The Morgan fingerprint density at radius 1 is 1.43 bits per heavy atom. The van der Waals surface area contributed by atoms with Gasteiger partial charge in [0, 0.05) is 11.5 Å². The Hall–Kier alpha value is -0.840. The van der Waals surface area contributed by atoms with Crippen LogP contribution in [0.1, 0.15) is 5.56 Å². The van der Waals surface area contributed by atoms with Crippen molar-refractivity contribution in [2.45, 2.75) is 11.8 Å². The van der Waals surface area contributed by atoms with Gasteiger partial charge in [0.2, 0.25) is 0 Å². The predicted octanol–water partition coefficient (Wildman–Crippen LogP) is 0.951. The molecule has 3 N–H and O–H groups in total. The fourth-order valence-corrected chi connectivity index (χ4v) is 1.98. The van der Waals surface area contributed by atoms with Gasteiger partial charge in [-0.1, -0.05) is 30.3 Å². The lowest BCUT2D eigenvalue weighted by molar-refractivity contribution is -0.109. The van der Waals surface area contributed by atoms with E-state index in [2.05, 4.69) is 17.6 Å². The molecule has 14 heavy (non-hydrogen) atoms. The van der Waals surface area contributed by atoms with E-state index in [0.29, 0.717) is 5.75 Å². The molecule has 0 spiro atoms. The smallest absolute Gasteiger partial charge is 0.139 e. The van der Waals surface area contributed by atoms with Crippen molar-refractivity contribution in [1.82, 2.24) is 5.43 Å². The number of hydrogen-bond acceptors (Lipinski definition) is 4. The minimum atomic E-state index is -0.247. The Balaban J connectivity index is 2.25. The molecule has 0 aromatic heterocycles. The summed E-state index contributed by atoms with van der Waals surface area (Å²) in [7, 11) is 0. The number of rotatable bonds is 6. The van der Waals surface area contributed by atoms with Gasteiger partial charge in [-0.25, -0.2) is 5.43 Å². The van der Waals surface area contributed by atoms with Crippen LogP contribution < -0.4 is 11.3 Å². The fourth-order valence-electron chi connectivity index (χ4n) is 1.00. The molecule has 0 aliphatic heterocycles. The molecular formula is C10H14N2OS. The highest BCUT2D eigenvalue weighted by atomic mass is 32.2. The molecule has 76 valence electrons. The lowest BCUT2D eigenvalue weighted by Gasteiger charge is -2.07. The van der Waals surface area contributed by atoms with Gasteiger partial charge in [-0.2, -0.15) is 11.8 Å². The molecule has 1 atom stereocenters. The first-order valence-corrected chi connectivity index (χ1v) is 5.55. The molecule has 0 saturated carbocycles. The van der Waals surface area contributed by atoms with Crippen LogP contribution in [-0.2, 0) is 10.5 Å². The highest BCUT2D eigenvalue weighted by molar-refractivity contribution is 7.98. The maximum atomic E-state index is 10.4. The molecule has 0 aliphatic rings. The highest BCUT2D eigenvalue weighted by Crippen LogP contribution is 2.11. The minimum Gasteiger partial charge on any atom is -0.302 e. The van der Waals surface area contributed by atoms with Crippen molar-refractivity contribution in [2.24, 2.45) is 5.84 Å². The topological polar surface area (TPSA) is 55.1 Å². The van der Waals surface area contributed by atoms with Crippen LogP contribution >= 0.6 is 11.8 Å². The molecule has 0 aliphatic carbocycles. The van der Waals surface area contributed by atoms with E-state index in [1.807, 2.05) is 18.2 Å². The van der Waals surface area contributed by atoms with E-state index in [1.54, 1.807) is 11.8 Å². The van der Waals surface area contributed by atoms with Gasteiger partial charge in [0.05, 0.1) is 6.04 Å². The van der Waals surface area contributed by atoms with Crippen LogP contribution in [0.5, 0.6) is 0 Å². The standard InChI is InChI=1S/C10H14N2OS/c11-12-10(6-13)8-14-7-9-4-2-1-3-5-9/h1-6,10,12H,7-8,11H2. The summed E-state index contributed by atoms with van der Waals surface area (Å²) in [6.07, 6.45) is 0.831. The van der Waals surface area contributed by atoms with Crippen LogP contribution in [0.15, 0.2) is 30.3 Å². The molecule has 1 unspecified atom stereocenters. The van der Waals surface area contributed by atoms with Gasteiger partial charge in [-0.15, -0.1) is 0 Å². The Kier molecular flexibility index (Phi) is 5.29. The third-order valence-corrected chi connectivity index (χ3v) is 2.92. The summed E-state index contributed by atoms with van der Waals surface area (Å²) in [5.41, 5.74) is 3.71. The van der Waals surface area contributed by atoms with Crippen LogP contribution in [0, 0.1) is 0 Å². The summed E-state index contributed by atoms with van der Waals surface area (Å²) in [6, 6.07) is 9.90. The number of hydrazine groups is 1. The summed E-state index contributed by atoms with van der Waals surface area (Å²) >= 11 is 1.69. The molecular weight excluding hydrogens is 196 g/mol. The van der Waals surface area contributed by atoms with Crippen molar-refractivity contribution >= 4 is 18.0 Å². The Morgan fingerprint density at radius 3 is 2.71 bits per heavy atom. The summed E-state index contributed by atoms with van der Waals surface area (Å²) in [6.45, 7) is 0. The average Bonchev–Trinajstić information content (AvgIpc) is 2.26. The van der Waals surface area contributed by atoms with Crippen LogP contribution in [0.2, 0.25) is 0 Å². The van der Waals surface area contributed by atoms with Crippen LogP contribution in [0.4, 0.5) is 0 Å². The van der Waals surface area contributed by atoms with Crippen molar-refractivity contribution in [1.29, 1.82) is 0 Å². The molecule has 1 rings (SSSR count). The summed E-state index contributed by atoms with van der Waals surface area (Å²) in [5.74, 6) is 6.78. The van der Waals surface area contributed by atoms with E-state index in [4.69, 9.17) is 5.84 Å². The van der Waals surface area contributed by atoms with Gasteiger partial charge in [-0.05, 0) is 5.56 Å². The van der Waals surface area contributed by atoms with E-state index in [1.165, 1.54) is 5.56 Å². The van der Waals surface area contributed by atoms with Gasteiger partial charge < -0.3 is 4.79 Å². The first-order valence-electron chi connectivity index (χ1n) is 4.40. The van der Waals surface area contributed by atoms with E-state index >= 15 is 0 Å². The van der Waals surface area contributed by atoms with Crippen LogP contribution in [0.3, 0.4) is 0 Å². The van der Waals surface area contributed by atoms with Gasteiger partial charge in [0.1, 0.15) is 6.29 Å². The monoisotopic (exact) mass is 210 g/mol. The third kappa shape index (κ3) is 3.91. The second kappa shape index (κ2) is 6.59. The van der Waals surface area contributed by atoms with E-state index < -0.39 is 0 Å². The van der Waals surface area contributed by atoms with Crippen molar-refractivity contribution in [3.8, 4) is 0 Å². The molecule has 1 aromatic carbocycles. The minimum absolute atomic E-state index is 0.247. The maximum Gasteiger partial charge on any atom is 0.139 e. The lowest BCUT2D eigenvalue weighted by Crippen LogP contribution is -2.38. The molecule has 0 radical (unpaired) electrons. The largest absolute Gasteiger partial charge is 0.302 e. The zero-order chi connectivity index (χ0) is 10.2. The summed E-state index contributed by atoms with van der Waals surface area (Å²) in [5, 5.41) is 0. The Bertz CT molecular complexity index is 266. The highest BCUT2D eigenvalue weighted by Gasteiger charge is 2.03. The first-order chi connectivity index (χ1) is 6.86. The first kappa shape index (κ1) is 11.2. The van der Waals surface area contributed by atoms with Gasteiger partial charge in [0.15, 0.2) is 0 Å². The molecule has 1 aromatic rings. The number of hydrogen-bond donors (Lipinski definition) is 2. The zero-order valence-corrected chi connectivity index (χ0v) is 8.67. The second-order valence-electron chi connectivity index (χ2n) is 2.91. The molecule has 0 saturated heterocycles. The second-order valence-corrected chi connectivity index (χ2v) is 3.94. The molecule has 4 heteroatoms. The number of aldehydes is 1. The van der Waals surface area contributed by atoms with Crippen molar-refractivity contribution in [3.05, 3.63) is 35.9 Å². The van der Waals surface area contributed by atoms with Crippen molar-refractivity contribution in [2.75, 3.05) is 5.75 Å². The number of nitrogens with one attached hydrogen (secondary N) is 1. The molecule has 0 bridgehead atoms. The normalized spacial score (nSPS) is 12.4. The van der Waals surface area contributed by atoms with Gasteiger partial charge in [0.25, 0.3) is 0 Å². The van der Waals surface area contributed by atoms with Gasteiger partial charge >= 0.3 is 0 Å². The molecule has 0 heterocycles. The quantitative estimate of drug-likeness (QED) is 0.417. The number of carbonyl (C=O) groups excluding carboxylic acids is 1. The Morgan fingerprint density at radius 2 is 2.14 bits per heavy atom. The van der Waals surface area contributed by atoms with E-state index in [9.17, 15) is 4.79 Å². The summed E-state index contributed by atoms with van der Waals surface area (Å²) in [4.78, 5) is 10.4. The van der Waals surface area contributed by atoms with Gasteiger partial charge in [-0.3, -0.25) is 5.84 Å². The number of benzene rings is 1. The van der Waals surface area contributed by atoms with E-state index in [-0.39, 0.29) is 6.04 Å². The Labute approximate surface area is 88.0 Å². The SMILES string of the molecule is NNC(C=O)CSCc1ccccc1. The molecule has 0 amide bonds. The third-order valence-electron chi connectivity index (χ3n) is 1.79. The van der Waals surface area contributed by atoms with Crippen LogP contribution in [0.25, 0.3) is 0 Å². The van der Waals surface area contributed by atoms with Crippen LogP contribution in [-0.4, -0.2) is 18.1 Å². The van der Waals surface area contributed by atoms with Crippen molar-refractivity contribution in [3.63, 3.8) is 0 Å². The molecule has 0 fully saturated rings.